The van der Waals surface area contributed by atoms with Crippen molar-refractivity contribution in [2.45, 2.75) is 49.3 Å². The average molecular weight is 391 g/mol. The maximum atomic E-state index is 12.5. The summed E-state index contributed by atoms with van der Waals surface area (Å²) in [7, 11) is -2.05. The van der Waals surface area contributed by atoms with E-state index >= 15 is 0 Å². The Morgan fingerprint density at radius 1 is 1.15 bits per heavy atom. The van der Waals surface area contributed by atoms with Crippen LogP contribution in [-0.2, 0) is 15.6 Å². The molecule has 0 unspecified atom stereocenters. The number of nitrogens with one attached hydrogen (secondary N) is 1. The van der Waals surface area contributed by atoms with Crippen LogP contribution in [0.5, 0.6) is 5.75 Å². The molecule has 1 aliphatic rings. The van der Waals surface area contributed by atoms with Crippen LogP contribution in [0, 0.1) is 5.92 Å². The van der Waals surface area contributed by atoms with Gasteiger partial charge in [0.25, 0.3) is 5.91 Å². The first-order chi connectivity index (χ1) is 12.9. The molecule has 0 radical (unpaired) electrons. The molecule has 2 atom stereocenters. The molecule has 1 amide bonds. The summed E-state index contributed by atoms with van der Waals surface area (Å²) in [5.41, 5.74) is 0. The van der Waals surface area contributed by atoms with Crippen LogP contribution >= 0.6 is 0 Å². The summed E-state index contributed by atoms with van der Waals surface area (Å²) in [6.45, 7) is 2.14. The van der Waals surface area contributed by atoms with Gasteiger partial charge in [0, 0.05) is 6.04 Å². The summed E-state index contributed by atoms with van der Waals surface area (Å²) in [5, 5.41) is 3.01. The Balaban J connectivity index is 1.66. The lowest BCUT2D eigenvalue weighted by Gasteiger charge is -2.29. The normalized spacial score (nSPS) is 20.2. The molecule has 0 spiro atoms. The van der Waals surface area contributed by atoms with Gasteiger partial charge in [-0.05, 0) is 55.2 Å². The van der Waals surface area contributed by atoms with Gasteiger partial charge in [0.2, 0.25) is 0 Å². The topological polar surface area (TPSA) is 85.6 Å². The second-order valence-corrected chi connectivity index (χ2v) is 9.03. The number of furan rings is 1. The van der Waals surface area contributed by atoms with Crippen molar-refractivity contribution in [3.05, 3.63) is 47.9 Å². The lowest BCUT2D eigenvalue weighted by atomic mass is 9.86. The van der Waals surface area contributed by atoms with Crippen molar-refractivity contribution in [3.63, 3.8) is 0 Å². The zero-order valence-electron chi connectivity index (χ0n) is 15.6. The van der Waals surface area contributed by atoms with E-state index in [1.807, 2.05) is 0 Å². The summed E-state index contributed by atoms with van der Waals surface area (Å²) >= 11 is 0. The average Bonchev–Trinajstić information content (AvgIpc) is 3.11. The van der Waals surface area contributed by atoms with Gasteiger partial charge >= 0.3 is 0 Å². The Hall–Kier alpha value is -2.28. The van der Waals surface area contributed by atoms with E-state index in [1.54, 1.807) is 18.2 Å². The maximum absolute atomic E-state index is 12.5. The molecule has 1 heterocycles. The molecule has 3 rings (SSSR count). The van der Waals surface area contributed by atoms with Crippen molar-refractivity contribution in [1.29, 1.82) is 0 Å². The number of benzene rings is 1. The minimum Gasteiger partial charge on any atom is -0.497 e. The molecule has 146 valence electrons. The number of carbonyl (C=O) groups is 1. The molecular formula is C20H25NO5S. The number of rotatable bonds is 6. The van der Waals surface area contributed by atoms with E-state index in [0.717, 1.165) is 19.3 Å². The largest absolute Gasteiger partial charge is 0.497 e. The molecule has 7 heteroatoms. The fourth-order valence-corrected chi connectivity index (χ4v) is 4.65. The second kappa shape index (κ2) is 8.17. The number of hydrogen-bond acceptors (Lipinski definition) is 5. The predicted octanol–water partition coefficient (Wildman–Crippen LogP) is 3.57. The summed E-state index contributed by atoms with van der Waals surface area (Å²) in [4.78, 5) is 12.6. The molecule has 1 aliphatic carbocycles. The number of sulfone groups is 1. The van der Waals surface area contributed by atoms with E-state index in [9.17, 15) is 13.2 Å². The van der Waals surface area contributed by atoms with E-state index in [-0.39, 0.29) is 34.1 Å². The molecule has 1 N–H and O–H groups in total. The Bertz CT molecular complexity index is 885. The zero-order valence-corrected chi connectivity index (χ0v) is 16.4. The van der Waals surface area contributed by atoms with Crippen molar-refractivity contribution in [3.8, 4) is 5.75 Å². The first kappa shape index (κ1) is 19.5. The SMILES string of the molecule is COc1ccc(S(=O)(=O)Cc2ccc(C(=O)N[C@H]3CCCC[C@@H]3C)o2)cc1. The number of carbonyl (C=O) groups excluding carboxylic acids is 1. The lowest BCUT2D eigenvalue weighted by molar-refractivity contribution is 0.0880. The van der Waals surface area contributed by atoms with Crippen LogP contribution in [0.1, 0.15) is 48.9 Å². The van der Waals surface area contributed by atoms with Gasteiger partial charge in [-0.2, -0.15) is 0 Å². The van der Waals surface area contributed by atoms with Gasteiger partial charge in [0.15, 0.2) is 15.6 Å². The number of methoxy groups -OCH3 is 1. The molecule has 1 saturated carbocycles. The Kier molecular flexibility index (Phi) is 5.89. The first-order valence-electron chi connectivity index (χ1n) is 9.15. The fourth-order valence-electron chi connectivity index (χ4n) is 3.40. The quantitative estimate of drug-likeness (QED) is 0.814. The zero-order chi connectivity index (χ0) is 19.4. The Labute approximate surface area is 159 Å². The van der Waals surface area contributed by atoms with Gasteiger partial charge in [0.1, 0.15) is 17.3 Å². The summed E-state index contributed by atoms with van der Waals surface area (Å²) in [5.74, 6) is 0.824. The van der Waals surface area contributed by atoms with Gasteiger partial charge in [-0.25, -0.2) is 8.42 Å². The third-order valence-corrected chi connectivity index (χ3v) is 6.72. The van der Waals surface area contributed by atoms with E-state index in [0.29, 0.717) is 11.7 Å². The molecule has 1 aromatic carbocycles. The van der Waals surface area contributed by atoms with Crippen LogP contribution in [0.15, 0.2) is 45.7 Å². The smallest absolute Gasteiger partial charge is 0.287 e. The van der Waals surface area contributed by atoms with Crippen LogP contribution in [0.25, 0.3) is 0 Å². The van der Waals surface area contributed by atoms with Gasteiger partial charge in [-0.3, -0.25) is 4.79 Å². The molecule has 6 nitrogen and oxygen atoms in total. The molecule has 0 aliphatic heterocycles. The molecule has 1 fully saturated rings. The molecule has 0 saturated heterocycles. The Morgan fingerprint density at radius 3 is 2.52 bits per heavy atom. The van der Waals surface area contributed by atoms with Crippen LogP contribution in [-0.4, -0.2) is 27.5 Å². The molecule has 2 aromatic rings. The highest BCUT2D eigenvalue weighted by Gasteiger charge is 2.25. The third kappa shape index (κ3) is 4.71. The van der Waals surface area contributed by atoms with Gasteiger partial charge in [0.05, 0.1) is 12.0 Å². The van der Waals surface area contributed by atoms with E-state index in [2.05, 4.69) is 12.2 Å². The molecular weight excluding hydrogens is 366 g/mol. The molecule has 0 bridgehead atoms. The monoisotopic (exact) mass is 391 g/mol. The number of hydrogen-bond donors (Lipinski definition) is 1. The summed E-state index contributed by atoms with van der Waals surface area (Å²) in [6.07, 6.45) is 4.38. The summed E-state index contributed by atoms with van der Waals surface area (Å²) < 4.78 is 35.6. The predicted molar refractivity (Wildman–Crippen MR) is 101 cm³/mol. The van der Waals surface area contributed by atoms with Gasteiger partial charge < -0.3 is 14.5 Å². The van der Waals surface area contributed by atoms with Crippen LogP contribution in [0.3, 0.4) is 0 Å². The van der Waals surface area contributed by atoms with Crippen molar-refractivity contribution >= 4 is 15.7 Å². The fraction of sp³-hybridized carbons (Fsp3) is 0.450. The summed E-state index contributed by atoms with van der Waals surface area (Å²) in [6, 6.07) is 9.40. The number of amides is 1. The van der Waals surface area contributed by atoms with Crippen LogP contribution < -0.4 is 10.1 Å². The lowest BCUT2D eigenvalue weighted by Crippen LogP contribution is -2.40. The number of ether oxygens (including phenoxy) is 1. The van der Waals surface area contributed by atoms with E-state index in [1.165, 1.54) is 31.7 Å². The second-order valence-electron chi connectivity index (χ2n) is 7.04. The molecule has 1 aromatic heterocycles. The first-order valence-corrected chi connectivity index (χ1v) is 10.8. The van der Waals surface area contributed by atoms with Crippen molar-refractivity contribution in [2.75, 3.05) is 7.11 Å². The highest BCUT2D eigenvalue weighted by molar-refractivity contribution is 7.90. The highest BCUT2D eigenvalue weighted by atomic mass is 32.2. The third-order valence-electron chi connectivity index (χ3n) is 5.06. The van der Waals surface area contributed by atoms with Crippen molar-refractivity contribution in [1.82, 2.24) is 5.32 Å². The Morgan fingerprint density at radius 2 is 1.85 bits per heavy atom. The van der Waals surface area contributed by atoms with Crippen molar-refractivity contribution < 1.29 is 22.4 Å². The van der Waals surface area contributed by atoms with Gasteiger partial charge in [-0.1, -0.05) is 19.8 Å². The van der Waals surface area contributed by atoms with Gasteiger partial charge in [-0.15, -0.1) is 0 Å². The minimum atomic E-state index is -3.57. The van der Waals surface area contributed by atoms with E-state index < -0.39 is 9.84 Å². The van der Waals surface area contributed by atoms with Crippen LogP contribution in [0.4, 0.5) is 0 Å². The minimum absolute atomic E-state index is 0.142. The van der Waals surface area contributed by atoms with Crippen molar-refractivity contribution in [2.24, 2.45) is 5.92 Å². The highest BCUT2D eigenvalue weighted by Crippen LogP contribution is 2.25. The van der Waals surface area contributed by atoms with E-state index in [4.69, 9.17) is 9.15 Å². The van der Waals surface area contributed by atoms with Crippen LogP contribution in [0.2, 0.25) is 0 Å². The molecule has 27 heavy (non-hydrogen) atoms. The maximum Gasteiger partial charge on any atom is 0.287 e. The standard InChI is InChI=1S/C20H25NO5S/c1-14-5-3-4-6-18(14)21-20(22)19-12-9-16(26-19)13-27(23,24)17-10-7-15(25-2)8-11-17/h7-12,14,18H,3-6,13H2,1-2H3,(H,21,22)/t14-,18-/m0/s1.